The van der Waals surface area contributed by atoms with Gasteiger partial charge >= 0.3 is 19.8 Å². The highest BCUT2D eigenvalue weighted by molar-refractivity contribution is 7.47. The number of esters is 2. The first kappa shape index (κ1) is 75.9. The van der Waals surface area contributed by atoms with Gasteiger partial charge in [0.25, 0.3) is 0 Å². The van der Waals surface area contributed by atoms with Gasteiger partial charge in [0.1, 0.15) is 6.61 Å². The maximum Gasteiger partial charge on any atom is 0.472 e. The van der Waals surface area contributed by atoms with E-state index in [-0.39, 0.29) is 38.6 Å². The molecule has 79 heavy (non-hydrogen) atoms. The molecule has 0 bridgehead atoms. The molecule has 0 aliphatic rings. The van der Waals surface area contributed by atoms with E-state index >= 15 is 0 Å². The molecule has 0 aliphatic heterocycles. The minimum Gasteiger partial charge on any atom is -0.462 e. The van der Waals surface area contributed by atoms with Gasteiger partial charge in [0.2, 0.25) is 0 Å². The molecule has 0 amide bonds. The highest BCUT2D eigenvalue weighted by atomic mass is 31.2. The van der Waals surface area contributed by atoms with Crippen LogP contribution in [0.25, 0.3) is 0 Å². The van der Waals surface area contributed by atoms with E-state index in [1.165, 1.54) is 180 Å². The Hall–Kier alpha value is -3.07. The van der Waals surface area contributed by atoms with Gasteiger partial charge in [0.05, 0.1) is 13.2 Å². The molecule has 2 atom stereocenters. The Morgan fingerprint density at radius 3 is 1.04 bits per heavy atom. The number of nitrogens with two attached hydrogens (primary N) is 1. The van der Waals surface area contributed by atoms with Gasteiger partial charge < -0.3 is 20.1 Å². The molecule has 0 aromatic rings. The highest BCUT2D eigenvalue weighted by Gasteiger charge is 2.26. The standard InChI is InChI=1S/C69H122NO8P/c1-3-5-7-9-11-13-15-17-19-21-23-25-26-27-28-29-30-31-32-33-34-35-36-37-38-39-40-42-44-46-48-50-52-54-56-58-60-62-69(72)78-67(66-77-79(73,74)76-64-63-70)65-75-68(71)61-59-57-55-53-51-49-47-45-43-41-24-22-20-18-16-14-12-10-8-6-4-2/h5,7,11,13,16-19,22-25,27-28,30-31,67H,3-4,6,8-10,12,14-15,20-21,26,29,32-66,70H2,1-2H3,(H,73,74)/b7-5-,13-11-,18-16-,19-17-,24-22-,25-23-,28-27-,31-30-. The molecule has 0 aliphatic carbocycles. The van der Waals surface area contributed by atoms with E-state index in [1.54, 1.807) is 0 Å². The fourth-order valence-corrected chi connectivity index (χ4v) is 9.91. The third kappa shape index (κ3) is 64.0. The summed E-state index contributed by atoms with van der Waals surface area (Å²) in [6, 6.07) is 0. The molecule has 10 heteroatoms. The van der Waals surface area contributed by atoms with E-state index in [2.05, 4.69) is 111 Å². The number of carbonyl (C=O) groups is 2. The lowest BCUT2D eigenvalue weighted by molar-refractivity contribution is -0.161. The molecule has 0 fully saturated rings. The first-order chi connectivity index (χ1) is 38.8. The summed E-state index contributed by atoms with van der Waals surface area (Å²) in [5.74, 6) is -0.825. The second-order valence-electron chi connectivity index (χ2n) is 21.6. The largest absolute Gasteiger partial charge is 0.472 e. The van der Waals surface area contributed by atoms with Crippen LogP contribution in [0, 0.1) is 0 Å². The first-order valence-corrected chi connectivity index (χ1v) is 34.2. The molecule has 0 heterocycles. The molecule has 3 N–H and O–H groups in total. The lowest BCUT2D eigenvalue weighted by atomic mass is 10.0. The predicted molar refractivity (Wildman–Crippen MR) is 339 cm³/mol. The molecule has 0 spiro atoms. The number of unbranched alkanes of at least 4 members (excludes halogenated alkanes) is 32. The van der Waals surface area contributed by atoms with Crippen LogP contribution in [0.3, 0.4) is 0 Å². The Morgan fingerprint density at radius 2 is 0.696 bits per heavy atom. The van der Waals surface area contributed by atoms with Gasteiger partial charge in [-0.15, -0.1) is 0 Å². The van der Waals surface area contributed by atoms with Crippen LogP contribution in [0.5, 0.6) is 0 Å². The summed E-state index contributed by atoms with van der Waals surface area (Å²) in [7, 11) is -4.39. The second-order valence-corrected chi connectivity index (χ2v) is 23.1. The number of allylic oxidation sites excluding steroid dienone is 16. The average Bonchev–Trinajstić information content (AvgIpc) is 3.44. The number of carbonyl (C=O) groups excluding carboxylic acids is 2. The second kappa shape index (κ2) is 64.1. The van der Waals surface area contributed by atoms with Crippen LogP contribution in [-0.4, -0.2) is 49.3 Å². The van der Waals surface area contributed by atoms with E-state index in [0.717, 1.165) is 83.5 Å². The van der Waals surface area contributed by atoms with Gasteiger partial charge in [-0.25, -0.2) is 4.57 Å². The number of hydrogen-bond donors (Lipinski definition) is 2. The summed E-state index contributed by atoms with van der Waals surface area (Å²) < 4.78 is 33.1. The average molecular weight is 1120 g/mol. The van der Waals surface area contributed by atoms with Crippen molar-refractivity contribution in [3.8, 4) is 0 Å². The molecule has 2 unspecified atom stereocenters. The van der Waals surface area contributed by atoms with Crippen molar-refractivity contribution in [3.05, 3.63) is 97.2 Å². The van der Waals surface area contributed by atoms with E-state index in [9.17, 15) is 19.0 Å². The van der Waals surface area contributed by atoms with Crippen molar-refractivity contribution in [2.24, 2.45) is 5.73 Å². The fraction of sp³-hybridized carbons (Fsp3) is 0.739. The molecule has 9 nitrogen and oxygen atoms in total. The number of ether oxygens (including phenoxy) is 2. The maximum absolute atomic E-state index is 12.7. The molecular weight excluding hydrogens is 1000 g/mol. The number of phosphoric ester groups is 1. The molecule has 456 valence electrons. The van der Waals surface area contributed by atoms with Gasteiger partial charge in [-0.2, -0.15) is 0 Å². The Kier molecular flexibility index (Phi) is 61.6. The molecule has 0 aromatic carbocycles. The number of hydrogen-bond acceptors (Lipinski definition) is 8. The zero-order valence-corrected chi connectivity index (χ0v) is 52.0. The molecule has 0 radical (unpaired) electrons. The van der Waals surface area contributed by atoms with Crippen LogP contribution in [0.2, 0.25) is 0 Å². The summed E-state index contributed by atoms with van der Waals surface area (Å²) >= 11 is 0. The van der Waals surface area contributed by atoms with Crippen molar-refractivity contribution in [2.75, 3.05) is 26.4 Å². The summed E-state index contributed by atoms with van der Waals surface area (Å²) in [6.07, 6.45) is 86.3. The van der Waals surface area contributed by atoms with Gasteiger partial charge in [0, 0.05) is 19.4 Å². The minimum atomic E-state index is -4.39. The van der Waals surface area contributed by atoms with Crippen LogP contribution < -0.4 is 5.73 Å². The predicted octanol–water partition coefficient (Wildman–Crippen LogP) is 21.2. The van der Waals surface area contributed by atoms with Crippen molar-refractivity contribution < 1.29 is 37.6 Å². The number of phosphoric acid groups is 1. The van der Waals surface area contributed by atoms with Crippen molar-refractivity contribution >= 4 is 19.8 Å². The Balaban J connectivity index is 3.88. The quantitative estimate of drug-likeness (QED) is 0.0264. The molecule has 0 saturated carbocycles. The van der Waals surface area contributed by atoms with Crippen molar-refractivity contribution in [2.45, 2.75) is 302 Å². The summed E-state index contributed by atoms with van der Waals surface area (Å²) in [6.45, 7) is 3.64. The van der Waals surface area contributed by atoms with E-state index in [1.807, 2.05) is 0 Å². The Labute approximate surface area is 486 Å². The van der Waals surface area contributed by atoms with Crippen LogP contribution in [-0.2, 0) is 32.7 Å². The monoisotopic (exact) mass is 1120 g/mol. The zero-order valence-electron chi connectivity index (χ0n) is 51.1. The van der Waals surface area contributed by atoms with Crippen LogP contribution in [0.15, 0.2) is 97.2 Å². The normalized spacial score (nSPS) is 13.6. The van der Waals surface area contributed by atoms with Crippen molar-refractivity contribution in [1.82, 2.24) is 0 Å². The summed E-state index contributed by atoms with van der Waals surface area (Å²) in [4.78, 5) is 35.3. The van der Waals surface area contributed by atoms with Crippen molar-refractivity contribution in [1.29, 1.82) is 0 Å². The van der Waals surface area contributed by atoms with Crippen LogP contribution >= 0.6 is 7.82 Å². The summed E-state index contributed by atoms with van der Waals surface area (Å²) in [5.41, 5.74) is 5.39. The summed E-state index contributed by atoms with van der Waals surface area (Å²) in [5, 5.41) is 0. The molecule has 0 rings (SSSR count). The van der Waals surface area contributed by atoms with Crippen LogP contribution in [0.1, 0.15) is 296 Å². The van der Waals surface area contributed by atoms with E-state index in [4.69, 9.17) is 24.3 Å². The highest BCUT2D eigenvalue weighted by Crippen LogP contribution is 2.43. The van der Waals surface area contributed by atoms with E-state index < -0.39 is 26.5 Å². The van der Waals surface area contributed by atoms with Crippen LogP contribution in [0.4, 0.5) is 0 Å². The Morgan fingerprint density at radius 1 is 0.392 bits per heavy atom. The third-order valence-electron chi connectivity index (χ3n) is 14.0. The Bertz CT molecular complexity index is 1610. The third-order valence-corrected chi connectivity index (χ3v) is 14.9. The first-order valence-electron chi connectivity index (χ1n) is 32.7. The van der Waals surface area contributed by atoms with E-state index in [0.29, 0.717) is 6.42 Å². The lowest BCUT2D eigenvalue weighted by Gasteiger charge is -2.19. The zero-order chi connectivity index (χ0) is 57.3. The van der Waals surface area contributed by atoms with Gasteiger partial charge in [-0.05, 0) is 96.3 Å². The maximum atomic E-state index is 12.7. The molecule has 0 aromatic heterocycles. The minimum absolute atomic E-state index is 0.0509. The molecular formula is C69H122NO8P. The fourth-order valence-electron chi connectivity index (χ4n) is 9.14. The van der Waals surface area contributed by atoms with Gasteiger partial charge in [-0.3, -0.25) is 18.6 Å². The lowest BCUT2D eigenvalue weighted by Crippen LogP contribution is -2.29. The number of rotatable bonds is 61. The topological polar surface area (TPSA) is 134 Å². The SMILES string of the molecule is CC/C=C\C/C=C\C/C=C\C/C=C\C/C=C\C/C=C\CCCCCCCCCCCCCCCCCCCCC(=O)OC(COC(=O)CCCCCCCCCCC/C=C\C/C=C\CCCCCCC)COP(=O)(O)OCCN. The smallest absolute Gasteiger partial charge is 0.462 e. The van der Waals surface area contributed by atoms with Gasteiger partial charge in [-0.1, -0.05) is 284 Å². The van der Waals surface area contributed by atoms with Crippen molar-refractivity contribution in [3.63, 3.8) is 0 Å². The van der Waals surface area contributed by atoms with Gasteiger partial charge in [0.15, 0.2) is 6.10 Å². The molecule has 0 saturated heterocycles.